The van der Waals surface area contributed by atoms with Crippen molar-refractivity contribution in [2.45, 2.75) is 125 Å². The number of benzene rings is 6. The van der Waals surface area contributed by atoms with Crippen molar-refractivity contribution in [3.05, 3.63) is 175 Å². The Balaban J connectivity index is 1.40. The lowest BCUT2D eigenvalue weighted by atomic mass is 10.0. The van der Waals surface area contributed by atoms with E-state index in [2.05, 4.69) is 239 Å². The summed E-state index contributed by atoms with van der Waals surface area (Å²) in [7, 11) is 0. The molecule has 0 saturated heterocycles. The molecule has 1 heterocycles. The van der Waals surface area contributed by atoms with E-state index in [9.17, 15) is 0 Å². The van der Waals surface area contributed by atoms with Crippen LogP contribution >= 0.6 is 0 Å². The monoisotopic (exact) mass is 921 g/mol. The van der Waals surface area contributed by atoms with Gasteiger partial charge in [-0.25, -0.2) is 0 Å². The Morgan fingerprint density at radius 1 is 0.319 bits per heavy atom. The van der Waals surface area contributed by atoms with Crippen LogP contribution in [0.15, 0.2) is 164 Å². The average Bonchev–Trinajstić information content (AvgIpc) is 3.35. The quantitative estimate of drug-likeness (QED) is 0.0621. The molecule has 69 heavy (non-hydrogen) atoms. The Bertz CT molecular complexity index is 2260. The smallest absolute Gasteiger partial charge is 0.236 e. The molecule has 1 aromatic heterocycles. The van der Waals surface area contributed by atoms with Crippen LogP contribution in [0.3, 0.4) is 0 Å². The van der Waals surface area contributed by atoms with Gasteiger partial charge in [0.15, 0.2) is 0 Å². The second kappa shape index (κ2) is 24.6. The van der Waals surface area contributed by atoms with Crippen molar-refractivity contribution in [2.75, 3.05) is 25.3 Å². The fourth-order valence-corrected chi connectivity index (χ4v) is 8.87. The molecule has 7 rings (SSSR count). The van der Waals surface area contributed by atoms with Crippen LogP contribution in [0.25, 0.3) is 0 Å². The van der Waals surface area contributed by atoms with E-state index in [0.29, 0.717) is 35.6 Å². The van der Waals surface area contributed by atoms with Gasteiger partial charge in [-0.3, -0.25) is 0 Å². The van der Waals surface area contributed by atoms with E-state index in [4.69, 9.17) is 15.0 Å². The highest BCUT2D eigenvalue weighted by atomic mass is 15.4. The fraction of sp³-hybridized carbons (Fsp3) is 0.361. The Hall–Kier alpha value is -6.67. The molecule has 3 atom stereocenters. The minimum absolute atomic E-state index is 0.0858. The summed E-state index contributed by atoms with van der Waals surface area (Å²) in [4.78, 5) is 23.9. The van der Waals surface area contributed by atoms with Crippen molar-refractivity contribution >= 4 is 57.7 Å². The fourth-order valence-electron chi connectivity index (χ4n) is 8.87. The van der Waals surface area contributed by atoms with Gasteiger partial charge in [-0.15, -0.1) is 0 Å². The Labute approximate surface area is 414 Å². The minimum atomic E-state index is 0.0858. The summed E-state index contributed by atoms with van der Waals surface area (Å²) in [6.45, 7) is 20.8. The van der Waals surface area contributed by atoms with Crippen LogP contribution < -0.4 is 25.3 Å². The maximum atomic E-state index is 5.61. The number of rotatable bonds is 24. The highest BCUT2D eigenvalue weighted by molar-refractivity contribution is 5.71. The lowest BCUT2D eigenvalue weighted by Crippen LogP contribution is -2.36. The van der Waals surface area contributed by atoms with Crippen LogP contribution in [-0.4, -0.2) is 33.1 Å². The molecule has 0 radical (unpaired) electrons. The van der Waals surface area contributed by atoms with E-state index < -0.39 is 0 Å². The van der Waals surface area contributed by atoms with Gasteiger partial charge >= 0.3 is 0 Å². The van der Waals surface area contributed by atoms with Gasteiger partial charge in [0.2, 0.25) is 17.8 Å². The molecule has 7 aromatic rings. The van der Waals surface area contributed by atoms with Crippen molar-refractivity contribution < 1.29 is 0 Å². The Morgan fingerprint density at radius 2 is 0.594 bits per heavy atom. The number of aromatic nitrogens is 3. The third-order valence-corrected chi connectivity index (χ3v) is 12.9. The molecule has 0 aliphatic heterocycles. The van der Waals surface area contributed by atoms with Gasteiger partial charge in [-0.2, -0.15) is 15.0 Å². The zero-order valence-corrected chi connectivity index (χ0v) is 42.7. The van der Waals surface area contributed by atoms with Crippen molar-refractivity contribution in [3.63, 3.8) is 0 Å². The van der Waals surface area contributed by atoms with Crippen LogP contribution in [-0.2, 0) is 6.42 Å². The molecule has 0 bridgehead atoms. The molecular formula is C61H76N8. The topological polar surface area (TPSA) is 72.5 Å². The molecule has 6 aromatic carbocycles. The van der Waals surface area contributed by atoms with Gasteiger partial charge in [-0.1, -0.05) is 120 Å². The van der Waals surface area contributed by atoms with E-state index in [1.54, 1.807) is 0 Å². The summed E-state index contributed by atoms with van der Waals surface area (Å²) in [6, 6.07) is 58.2. The van der Waals surface area contributed by atoms with Crippen molar-refractivity contribution in [2.24, 2.45) is 17.8 Å². The third kappa shape index (κ3) is 14.4. The van der Waals surface area contributed by atoms with E-state index in [-0.39, 0.29) is 18.1 Å². The largest absolute Gasteiger partial charge is 0.356 e. The van der Waals surface area contributed by atoms with E-state index in [1.807, 2.05) is 12.1 Å². The first-order chi connectivity index (χ1) is 33.4. The molecular weight excluding hydrogens is 845 g/mol. The molecule has 0 spiro atoms. The predicted molar refractivity (Wildman–Crippen MR) is 295 cm³/mol. The van der Waals surface area contributed by atoms with Gasteiger partial charge < -0.3 is 25.3 Å². The SMILES string of the molecule is CC(C)CCC(C)N(c1ccc(Cc2ccccc2)cc1)c1nc(N(c2ccc(Nc3ccccc3)cc2)C(C)CCC(C)C)nc(N(c2ccc(Nc3ccccc3)cc2)C(C)CCC(C)C)n1. The van der Waals surface area contributed by atoms with E-state index in [0.717, 1.165) is 84.8 Å². The van der Waals surface area contributed by atoms with Gasteiger partial charge in [0, 0.05) is 57.9 Å². The molecule has 0 fully saturated rings. The number of nitrogens with one attached hydrogen (secondary N) is 2. The maximum Gasteiger partial charge on any atom is 0.236 e. The molecule has 8 heteroatoms. The normalized spacial score (nSPS) is 12.8. The summed E-state index contributed by atoms with van der Waals surface area (Å²) < 4.78 is 0. The van der Waals surface area contributed by atoms with Gasteiger partial charge in [0.1, 0.15) is 0 Å². The van der Waals surface area contributed by atoms with Gasteiger partial charge in [0.05, 0.1) is 0 Å². The molecule has 0 aliphatic carbocycles. The first-order valence-corrected chi connectivity index (χ1v) is 25.5. The molecule has 0 amide bonds. The molecule has 0 saturated carbocycles. The Morgan fingerprint density at radius 3 is 0.913 bits per heavy atom. The van der Waals surface area contributed by atoms with E-state index >= 15 is 0 Å². The summed E-state index contributed by atoms with van der Waals surface area (Å²) in [6.07, 6.45) is 7.03. The third-order valence-electron chi connectivity index (χ3n) is 12.9. The summed E-state index contributed by atoms with van der Waals surface area (Å²) >= 11 is 0. The van der Waals surface area contributed by atoms with Crippen molar-refractivity contribution in [1.82, 2.24) is 15.0 Å². The van der Waals surface area contributed by atoms with Gasteiger partial charge in [-0.05, 0) is 180 Å². The molecule has 8 nitrogen and oxygen atoms in total. The summed E-state index contributed by atoms with van der Waals surface area (Å²) in [5, 5.41) is 7.17. The van der Waals surface area contributed by atoms with Crippen LogP contribution in [0, 0.1) is 17.8 Å². The summed E-state index contributed by atoms with van der Waals surface area (Å²) in [5.74, 6) is 3.58. The lowest BCUT2D eigenvalue weighted by Gasteiger charge is -2.36. The lowest BCUT2D eigenvalue weighted by molar-refractivity contribution is 0.499. The number of nitrogens with zero attached hydrogens (tertiary/aromatic N) is 6. The second-order valence-corrected chi connectivity index (χ2v) is 20.2. The molecule has 2 N–H and O–H groups in total. The zero-order valence-electron chi connectivity index (χ0n) is 42.7. The highest BCUT2D eigenvalue weighted by Gasteiger charge is 2.29. The summed E-state index contributed by atoms with van der Waals surface area (Å²) in [5.41, 5.74) is 9.84. The molecule has 0 aliphatic rings. The Kier molecular flexibility index (Phi) is 17.9. The van der Waals surface area contributed by atoms with Crippen LogP contribution in [0.2, 0.25) is 0 Å². The maximum absolute atomic E-state index is 5.61. The minimum Gasteiger partial charge on any atom is -0.356 e. The van der Waals surface area contributed by atoms with Crippen molar-refractivity contribution in [3.8, 4) is 0 Å². The first kappa shape index (κ1) is 50.2. The number of hydrogen-bond acceptors (Lipinski definition) is 8. The number of anilines is 10. The molecule has 3 unspecified atom stereocenters. The zero-order chi connectivity index (χ0) is 48.7. The predicted octanol–water partition coefficient (Wildman–Crippen LogP) is 16.8. The van der Waals surface area contributed by atoms with Crippen LogP contribution in [0.1, 0.15) is 112 Å². The highest BCUT2D eigenvalue weighted by Crippen LogP contribution is 2.38. The second-order valence-electron chi connectivity index (χ2n) is 20.2. The standard InChI is InChI=1S/C61H76N8/c1-44(2)25-28-47(7)67(56-37-31-51(32-38-56)43-50-19-13-10-14-20-50)59-64-60(68(48(8)29-26-45(3)4)57-39-33-54(34-40-57)62-52-21-15-11-16-22-52)66-61(65-59)69(49(9)30-27-46(5)6)58-41-35-55(36-42-58)63-53-23-17-12-18-24-53/h10-24,31-42,44-49,62-63H,25-30,43H2,1-9H3. The molecule has 360 valence electrons. The van der Waals surface area contributed by atoms with Crippen LogP contribution in [0.4, 0.5) is 57.7 Å². The van der Waals surface area contributed by atoms with Crippen molar-refractivity contribution in [1.29, 1.82) is 0 Å². The average molecular weight is 921 g/mol. The van der Waals surface area contributed by atoms with E-state index in [1.165, 1.54) is 11.1 Å². The number of para-hydroxylation sites is 2. The number of hydrogen-bond donors (Lipinski definition) is 2. The van der Waals surface area contributed by atoms with Crippen LogP contribution in [0.5, 0.6) is 0 Å². The first-order valence-electron chi connectivity index (χ1n) is 25.5. The van der Waals surface area contributed by atoms with Gasteiger partial charge in [0.25, 0.3) is 0 Å².